The quantitative estimate of drug-likeness (QED) is 0.751. The standard InChI is InChI=1S/C13H11Br2ClN2O2/c1-19-11-5-10(12(20-2)4-9(11)16)18-13-8(15)3-7(14)6-17-13/h3-6H,1-2H3,(H,17,18). The van der Waals surface area contributed by atoms with Crippen molar-refractivity contribution in [3.05, 3.63) is 38.4 Å². The summed E-state index contributed by atoms with van der Waals surface area (Å²) in [5, 5.41) is 3.66. The molecule has 0 aliphatic heterocycles. The molecule has 0 amide bonds. The van der Waals surface area contributed by atoms with E-state index in [2.05, 4.69) is 42.2 Å². The highest BCUT2D eigenvalue weighted by Crippen LogP contribution is 2.38. The van der Waals surface area contributed by atoms with Crippen LogP contribution in [-0.2, 0) is 0 Å². The van der Waals surface area contributed by atoms with E-state index in [1.807, 2.05) is 6.07 Å². The molecule has 0 spiro atoms. The fourth-order valence-corrected chi connectivity index (χ4v) is 2.91. The van der Waals surface area contributed by atoms with E-state index in [1.54, 1.807) is 32.5 Å². The second-order valence-corrected chi connectivity index (χ2v) is 5.97. The number of nitrogens with one attached hydrogen (secondary N) is 1. The average Bonchev–Trinajstić information content (AvgIpc) is 2.43. The molecular formula is C13H11Br2ClN2O2. The molecule has 0 radical (unpaired) electrons. The van der Waals surface area contributed by atoms with Crippen molar-refractivity contribution in [1.29, 1.82) is 0 Å². The molecule has 4 nitrogen and oxygen atoms in total. The molecule has 1 heterocycles. The van der Waals surface area contributed by atoms with E-state index >= 15 is 0 Å². The second kappa shape index (κ2) is 6.65. The molecule has 0 bridgehead atoms. The lowest BCUT2D eigenvalue weighted by Crippen LogP contribution is -1.99. The summed E-state index contributed by atoms with van der Waals surface area (Å²) in [7, 11) is 3.14. The summed E-state index contributed by atoms with van der Waals surface area (Å²) in [6.07, 6.45) is 1.70. The third-order valence-electron chi connectivity index (χ3n) is 2.53. The molecule has 1 aromatic heterocycles. The Hall–Kier alpha value is -0.980. The Balaban J connectivity index is 2.41. The SMILES string of the molecule is COc1cc(Nc2ncc(Br)cc2Br)c(OC)cc1Cl. The maximum Gasteiger partial charge on any atom is 0.144 e. The molecule has 106 valence electrons. The number of pyridine rings is 1. The van der Waals surface area contributed by atoms with E-state index in [0.29, 0.717) is 28.0 Å². The monoisotopic (exact) mass is 420 g/mol. The number of nitrogens with zero attached hydrogens (tertiary/aromatic N) is 1. The zero-order valence-corrected chi connectivity index (χ0v) is 14.6. The molecule has 0 saturated carbocycles. The van der Waals surface area contributed by atoms with Crippen LogP contribution in [0.3, 0.4) is 0 Å². The topological polar surface area (TPSA) is 43.4 Å². The van der Waals surface area contributed by atoms with Crippen molar-refractivity contribution >= 4 is 55.0 Å². The van der Waals surface area contributed by atoms with Crippen LogP contribution in [-0.4, -0.2) is 19.2 Å². The number of anilines is 2. The summed E-state index contributed by atoms with van der Waals surface area (Å²) in [5.41, 5.74) is 0.712. The molecule has 0 aliphatic rings. The third-order valence-corrected chi connectivity index (χ3v) is 3.87. The lowest BCUT2D eigenvalue weighted by molar-refractivity contribution is 0.405. The van der Waals surface area contributed by atoms with Crippen LogP contribution < -0.4 is 14.8 Å². The average molecular weight is 423 g/mol. The second-order valence-electron chi connectivity index (χ2n) is 3.80. The Morgan fingerprint density at radius 2 is 1.80 bits per heavy atom. The molecule has 7 heteroatoms. The van der Waals surface area contributed by atoms with Crippen LogP contribution in [0.1, 0.15) is 0 Å². The number of halogens is 3. The van der Waals surface area contributed by atoms with Gasteiger partial charge in [0.2, 0.25) is 0 Å². The Morgan fingerprint density at radius 1 is 1.10 bits per heavy atom. The minimum absolute atomic E-state index is 0.484. The van der Waals surface area contributed by atoms with Crippen molar-refractivity contribution in [1.82, 2.24) is 4.98 Å². The van der Waals surface area contributed by atoms with E-state index in [0.717, 1.165) is 8.95 Å². The maximum absolute atomic E-state index is 6.07. The van der Waals surface area contributed by atoms with Gasteiger partial charge in [0.1, 0.15) is 17.3 Å². The predicted molar refractivity (Wildman–Crippen MR) is 87.5 cm³/mol. The fraction of sp³-hybridized carbons (Fsp3) is 0.154. The largest absolute Gasteiger partial charge is 0.495 e. The third kappa shape index (κ3) is 3.37. The molecule has 0 aliphatic carbocycles. The van der Waals surface area contributed by atoms with Crippen molar-refractivity contribution in [2.45, 2.75) is 0 Å². The normalized spacial score (nSPS) is 10.2. The van der Waals surface area contributed by atoms with E-state index < -0.39 is 0 Å². The fourth-order valence-electron chi connectivity index (χ4n) is 1.59. The van der Waals surface area contributed by atoms with Gasteiger partial charge in [-0.2, -0.15) is 0 Å². The Bertz CT molecular complexity index is 638. The van der Waals surface area contributed by atoms with Crippen molar-refractivity contribution in [3.63, 3.8) is 0 Å². The van der Waals surface area contributed by atoms with Crippen LogP contribution >= 0.6 is 43.5 Å². The van der Waals surface area contributed by atoms with Crippen LogP contribution in [0.2, 0.25) is 5.02 Å². The smallest absolute Gasteiger partial charge is 0.144 e. The molecule has 2 rings (SSSR count). The molecule has 0 unspecified atom stereocenters. The minimum atomic E-state index is 0.484. The molecule has 1 N–H and O–H groups in total. The molecule has 2 aromatic rings. The highest BCUT2D eigenvalue weighted by Gasteiger charge is 2.12. The van der Waals surface area contributed by atoms with E-state index in [-0.39, 0.29) is 0 Å². The van der Waals surface area contributed by atoms with Gasteiger partial charge in [-0.1, -0.05) is 11.6 Å². The lowest BCUT2D eigenvalue weighted by Gasteiger charge is -2.14. The minimum Gasteiger partial charge on any atom is -0.495 e. The number of hydrogen-bond donors (Lipinski definition) is 1. The molecule has 0 atom stereocenters. The van der Waals surface area contributed by atoms with Gasteiger partial charge in [0, 0.05) is 22.8 Å². The van der Waals surface area contributed by atoms with Gasteiger partial charge in [-0.25, -0.2) is 4.98 Å². The summed E-state index contributed by atoms with van der Waals surface area (Å²) in [6, 6.07) is 5.35. The summed E-state index contributed by atoms with van der Waals surface area (Å²) in [6.45, 7) is 0. The van der Waals surface area contributed by atoms with Gasteiger partial charge in [-0.3, -0.25) is 0 Å². The van der Waals surface area contributed by atoms with Crippen molar-refractivity contribution < 1.29 is 9.47 Å². The van der Waals surface area contributed by atoms with Crippen LogP contribution in [0, 0.1) is 0 Å². The number of benzene rings is 1. The van der Waals surface area contributed by atoms with Crippen molar-refractivity contribution in [2.75, 3.05) is 19.5 Å². The summed E-state index contributed by atoms with van der Waals surface area (Å²) >= 11 is 12.9. The summed E-state index contributed by atoms with van der Waals surface area (Å²) < 4.78 is 12.2. The molecule has 0 fully saturated rings. The number of hydrogen-bond acceptors (Lipinski definition) is 4. The molecule has 0 saturated heterocycles. The van der Waals surface area contributed by atoms with Gasteiger partial charge >= 0.3 is 0 Å². The van der Waals surface area contributed by atoms with Gasteiger partial charge in [0.05, 0.1) is 29.4 Å². The van der Waals surface area contributed by atoms with Crippen molar-refractivity contribution in [2.24, 2.45) is 0 Å². The number of methoxy groups -OCH3 is 2. The van der Waals surface area contributed by atoms with E-state index in [1.165, 1.54) is 0 Å². The molecular weight excluding hydrogens is 411 g/mol. The first-order chi connectivity index (χ1) is 9.55. The zero-order valence-electron chi connectivity index (χ0n) is 10.7. The summed E-state index contributed by atoms with van der Waals surface area (Å²) in [4.78, 5) is 4.29. The van der Waals surface area contributed by atoms with Crippen molar-refractivity contribution in [3.8, 4) is 11.5 Å². The highest BCUT2D eigenvalue weighted by molar-refractivity contribution is 9.11. The first kappa shape index (κ1) is 15.4. The van der Waals surface area contributed by atoms with Gasteiger partial charge in [0.25, 0.3) is 0 Å². The van der Waals surface area contributed by atoms with Crippen LogP contribution in [0.5, 0.6) is 11.5 Å². The first-order valence-corrected chi connectivity index (χ1v) is 7.51. The number of aromatic nitrogens is 1. The Morgan fingerprint density at radius 3 is 2.40 bits per heavy atom. The van der Waals surface area contributed by atoms with Crippen LogP contribution in [0.25, 0.3) is 0 Å². The number of ether oxygens (including phenoxy) is 2. The van der Waals surface area contributed by atoms with Gasteiger partial charge in [0.15, 0.2) is 0 Å². The van der Waals surface area contributed by atoms with Crippen LogP contribution in [0.15, 0.2) is 33.3 Å². The Kier molecular flexibility index (Phi) is 5.12. The van der Waals surface area contributed by atoms with Gasteiger partial charge in [-0.15, -0.1) is 0 Å². The predicted octanol–water partition coefficient (Wildman–Crippen LogP) is 5.02. The Labute approximate surface area is 138 Å². The van der Waals surface area contributed by atoms with Gasteiger partial charge < -0.3 is 14.8 Å². The highest BCUT2D eigenvalue weighted by atomic mass is 79.9. The zero-order chi connectivity index (χ0) is 14.7. The summed E-state index contributed by atoms with van der Waals surface area (Å²) in [5.74, 6) is 1.83. The number of rotatable bonds is 4. The van der Waals surface area contributed by atoms with E-state index in [4.69, 9.17) is 21.1 Å². The van der Waals surface area contributed by atoms with Gasteiger partial charge in [-0.05, 0) is 37.9 Å². The lowest BCUT2D eigenvalue weighted by atomic mass is 10.2. The van der Waals surface area contributed by atoms with Crippen LogP contribution in [0.4, 0.5) is 11.5 Å². The van der Waals surface area contributed by atoms with E-state index in [9.17, 15) is 0 Å². The first-order valence-electron chi connectivity index (χ1n) is 5.54. The molecule has 1 aromatic carbocycles. The maximum atomic E-state index is 6.07. The molecule has 20 heavy (non-hydrogen) atoms.